The molecule has 3 heteroatoms. The summed E-state index contributed by atoms with van der Waals surface area (Å²) < 4.78 is 0. The van der Waals surface area contributed by atoms with Crippen LogP contribution in [0.4, 0.5) is 0 Å². The van der Waals surface area contributed by atoms with Gasteiger partial charge in [-0.2, -0.15) is 0 Å². The largest absolute Gasteiger partial charge is 0.386 e. The summed E-state index contributed by atoms with van der Waals surface area (Å²) in [6.07, 6.45) is 0.0506. The lowest BCUT2D eigenvalue weighted by atomic mass is 10.1. The lowest BCUT2D eigenvalue weighted by Gasteiger charge is -2.03. The Labute approximate surface area is 77.4 Å². The van der Waals surface area contributed by atoms with Gasteiger partial charge in [0.2, 0.25) is 5.90 Å². The number of hydrogen-bond acceptors (Lipinski definition) is 3. The van der Waals surface area contributed by atoms with Crippen molar-refractivity contribution in [2.24, 2.45) is 4.99 Å². The Hall–Kier alpha value is -1.35. The Bertz CT molecular complexity index is 347. The number of hydroxylamine groups is 1. The highest BCUT2D eigenvalue weighted by Gasteiger charge is 2.16. The van der Waals surface area contributed by atoms with Crippen molar-refractivity contribution in [1.29, 1.82) is 0 Å². The summed E-state index contributed by atoms with van der Waals surface area (Å²) in [5.41, 5.74) is 5.02. The summed E-state index contributed by atoms with van der Waals surface area (Å²) in [5, 5.41) is 0. The zero-order valence-electron chi connectivity index (χ0n) is 7.74. The second-order valence-electron chi connectivity index (χ2n) is 3.15. The van der Waals surface area contributed by atoms with Crippen molar-refractivity contribution in [1.82, 2.24) is 5.48 Å². The molecular formula is C10H12N2O. The van der Waals surface area contributed by atoms with Crippen molar-refractivity contribution < 1.29 is 4.84 Å². The number of nitrogens with one attached hydrogen (secondary N) is 1. The molecule has 0 amide bonds. The first kappa shape index (κ1) is 8.26. The number of benzene rings is 1. The van der Waals surface area contributed by atoms with E-state index in [2.05, 4.69) is 10.5 Å². The highest BCUT2D eigenvalue weighted by atomic mass is 16.7. The maximum atomic E-state index is 5.23. The normalized spacial score (nSPS) is 21.1. The number of nitrogens with zero attached hydrogens (tertiary/aromatic N) is 1. The van der Waals surface area contributed by atoms with E-state index in [-0.39, 0.29) is 6.17 Å². The van der Waals surface area contributed by atoms with Crippen molar-refractivity contribution in [2.45, 2.75) is 20.0 Å². The molecule has 0 saturated heterocycles. The van der Waals surface area contributed by atoms with E-state index in [1.165, 1.54) is 5.56 Å². The predicted octanol–water partition coefficient (Wildman–Crippen LogP) is 1.62. The van der Waals surface area contributed by atoms with Crippen molar-refractivity contribution in [2.75, 3.05) is 0 Å². The minimum atomic E-state index is 0.0506. The number of hydrogen-bond donors (Lipinski definition) is 1. The molecular weight excluding hydrogens is 164 g/mol. The minimum Gasteiger partial charge on any atom is -0.386 e. The molecule has 0 bridgehead atoms. The summed E-state index contributed by atoms with van der Waals surface area (Å²) >= 11 is 0. The second kappa shape index (κ2) is 3.18. The monoisotopic (exact) mass is 176 g/mol. The molecule has 1 atom stereocenters. The van der Waals surface area contributed by atoms with Gasteiger partial charge < -0.3 is 4.84 Å². The molecule has 0 radical (unpaired) electrons. The van der Waals surface area contributed by atoms with Crippen molar-refractivity contribution >= 4 is 5.90 Å². The topological polar surface area (TPSA) is 33.6 Å². The van der Waals surface area contributed by atoms with Gasteiger partial charge in [0.25, 0.3) is 0 Å². The Morgan fingerprint density at radius 2 is 2.15 bits per heavy atom. The molecule has 1 aromatic carbocycles. The van der Waals surface area contributed by atoms with E-state index in [4.69, 9.17) is 4.84 Å². The molecule has 1 aromatic rings. The summed E-state index contributed by atoms with van der Waals surface area (Å²) in [7, 11) is 0. The molecule has 1 aliphatic rings. The molecule has 0 saturated carbocycles. The Morgan fingerprint density at radius 3 is 2.77 bits per heavy atom. The fourth-order valence-corrected chi connectivity index (χ4v) is 1.31. The lowest BCUT2D eigenvalue weighted by Crippen LogP contribution is -2.17. The van der Waals surface area contributed by atoms with Crippen LogP contribution < -0.4 is 5.48 Å². The first-order valence-corrected chi connectivity index (χ1v) is 4.33. The first-order chi connectivity index (χ1) is 6.27. The van der Waals surface area contributed by atoms with Crippen LogP contribution in [-0.2, 0) is 4.84 Å². The second-order valence-corrected chi connectivity index (χ2v) is 3.15. The van der Waals surface area contributed by atoms with E-state index in [0.717, 1.165) is 5.56 Å². The Kier molecular flexibility index (Phi) is 2.02. The van der Waals surface area contributed by atoms with Gasteiger partial charge >= 0.3 is 0 Å². The van der Waals surface area contributed by atoms with Gasteiger partial charge in [-0.1, -0.05) is 18.2 Å². The van der Waals surface area contributed by atoms with Crippen molar-refractivity contribution in [3.05, 3.63) is 35.4 Å². The standard InChI is InChI=1S/C10H12N2O/c1-7-5-3-4-6-9(7)10-11-8(2)12-13-10/h3-6,8,12H,1-2H3. The van der Waals surface area contributed by atoms with E-state index in [1.807, 2.05) is 38.1 Å². The third kappa shape index (κ3) is 1.55. The summed E-state index contributed by atoms with van der Waals surface area (Å²) in [5.74, 6) is 0.686. The maximum Gasteiger partial charge on any atom is 0.242 e. The SMILES string of the molecule is Cc1ccccc1C1=NC(C)NO1. The molecule has 0 spiro atoms. The highest BCUT2D eigenvalue weighted by molar-refractivity contribution is 5.96. The summed E-state index contributed by atoms with van der Waals surface area (Å²) in [4.78, 5) is 9.53. The number of rotatable bonds is 1. The Balaban J connectivity index is 2.36. The molecule has 1 heterocycles. The van der Waals surface area contributed by atoms with Gasteiger partial charge in [0.1, 0.15) is 6.17 Å². The van der Waals surface area contributed by atoms with Crippen LogP contribution in [0, 0.1) is 6.92 Å². The van der Waals surface area contributed by atoms with Gasteiger partial charge in [-0.15, -0.1) is 5.48 Å². The fraction of sp³-hybridized carbons (Fsp3) is 0.300. The average molecular weight is 176 g/mol. The molecule has 1 aliphatic heterocycles. The quantitative estimate of drug-likeness (QED) is 0.705. The van der Waals surface area contributed by atoms with E-state index in [9.17, 15) is 0 Å². The average Bonchev–Trinajstić information content (AvgIpc) is 2.53. The van der Waals surface area contributed by atoms with Gasteiger partial charge in [-0.05, 0) is 25.5 Å². The van der Waals surface area contributed by atoms with Crippen LogP contribution in [0.15, 0.2) is 29.3 Å². The van der Waals surface area contributed by atoms with Crippen molar-refractivity contribution in [3.8, 4) is 0 Å². The lowest BCUT2D eigenvalue weighted by molar-refractivity contribution is 0.186. The number of aryl methyl sites for hydroxylation is 1. The van der Waals surface area contributed by atoms with Crippen LogP contribution in [0.1, 0.15) is 18.1 Å². The van der Waals surface area contributed by atoms with Crippen LogP contribution >= 0.6 is 0 Å². The molecule has 2 rings (SSSR count). The van der Waals surface area contributed by atoms with Crippen molar-refractivity contribution in [3.63, 3.8) is 0 Å². The molecule has 68 valence electrons. The van der Waals surface area contributed by atoms with Gasteiger partial charge in [-0.25, -0.2) is 4.99 Å². The molecule has 3 nitrogen and oxygen atoms in total. The van der Waals surface area contributed by atoms with Gasteiger partial charge in [0.15, 0.2) is 0 Å². The van der Waals surface area contributed by atoms with Crippen LogP contribution in [0.2, 0.25) is 0 Å². The van der Waals surface area contributed by atoms with E-state index >= 15 is 0 Å². The summed E-state index contributed by atoms with van der Waals surface area (Å²) in [6.45, 7) is 4.00. The van der Waals surface area contributed by atoms with Crippen LogP contribution in [0.3, 0.4) is 0 Å². The van der Waals surface area contributed by atoms with E-state index < -0.39 is 0 Å². The smallest absolute Gasteiger partial charge is 0.242 e. The Morgan fingerprint density at radius 1 is 1.38 bits per heavy atom. The molecule has 1 unspecified atom stereocenters. The fourth-order valence-electron chi connectivity index (χ4n) is 1.31. The third-order valence-corrected chi connectivity index (χ3v) is 2.01. The van der Waals surface area contributed by atoms with Gasteiger partial charge in [-0.3, -0.25) is 0 Å². The first-order valence-electron chi connectivity index (χ1n) is 4.33. The highest BCUT2D eigenvalue weighted by Crippen LogP contribution is 2.12. The molecule has 0 aromatic heterocycles. The maximum absolute atomic E-state index is 5.23. The van der Waals surface area contributed by atoms with E-state index in [0.29, 0.717) is 5.90 Å². The minimum absolute atomic E-state index is 0.0506. The van der Waals surface area contributed by atoms with Crippen LogP contribution in [-0.4, -0.2) is 12.1 Å². The van der Waals surface area contributed by atoms with Crippen LogP contribution in [0.25, 0.3) is 0 Å². The molecule has 0 aliphatic carbocycles. The molecule has 13 heavy (non-hydrogen) atoms. The zero-order chi connectivity index (χ0) is 9.26. The predicted molar refractivity (Wildman–Crippen MR) is 51.4 cm³/mol. The third-order valence-electron chi connectivity index (χ3n) is 2.01. The number of aliphatic imine (C=N–C) groups is 1. The van der Waals surface area contributed by atoms with Crippen LogP contribution in [0.5, 0.6) is 0 Å². The molecule has 1 N–H and O–H groups in total. The molecule has 0 fully saturated rings. The van der Waals surface area contributed by atoms with E-state index in [1.54, 1.807) is 0 Å². The summed E-state index contributed by atoms with van der Waals surface area (Å²) in [6, 6.07) is 8.04. The van der Waals surface area contributed by atoms with Gasteiger partial charge in [0.05, 0.1) is 0 Å². The van der Waals surface area contributed by atoms with Gasteiger partial charge in [0, 0.05) is 5.56 Å². The zero-order valence-corrected chi connectivity index (χ0v) is 7.74.